The Hall–Kier alpha value is -1.07. The number of ether oxygens (including phenoxy) is 1. The van der Waals surface area contributed by atoms with Gasteiger partial charge in [-0.3, -0.25) is 0 Å². The van der Waals surface area contributed by atoms with Crippen LogP contribution in [0.5, 0.6) is 5.75 Å². The molecule has 0 aromatic heterocycles. The summed E-state index contributed by atoms with van der Waals surface area (Å²) in [6, 6.07) is 6.72. The van der Waals surface area contributed by atoms with Gasteiger partial charge in [0.15, 0.2) is 0 Å². The highest BCUT2D eigenvalue weighted by Gasteiger charge is 2.28. The van der Waals surface area contributed by atoms with Crippen LogP contribution in [0.1, 0.15) is 40.5 Å². The van der Waals surface area contributed by atoms with Crippen LogP contribution in [0.25, 0.3) is 0 Å². The van der Waals surface area contributed by atoms with E-state index in [4.69, 9.17) is 4.74 Å². The van der Waals surface area contributed by atoms with E-state index in [-0.39, 0.29) is 5.60 Å². The second-order valence-electron chi connectivity index (χ2n) is 6.80. The molecule has 0 bridgehead atoms. The quantitative estimate of drug-likeness (QED) is 0.860. The highest BCUT2D eigenvalue weighted by Crippen LogP contribution is 2.25. The van der Waals surface area contributed by atoms with Gasteiger partial charge in [0.1, 0.15) is 11.4 Å². The second kappa shape index (κ2) is 5.97. The van der Waals surface area contributed by atoms with Gasteiger partial charge >= 0.3 is 0 Å². The summed E-state index contributed by atoms with van der Waals surface area (Å²) < 4.78 is 32.6. The Bertz CT molecular complexity index is 573. The lowest BCUT2D eigenvalue weighted by Gasteiger charge is -2.30. The number of hydrogen-bond acceptors (Lipinski definition) is 3. The first-order valence-corrected chi connectivity index (χ1v) is 8.92. The SMILES string of the molecule is CC1CCCN(S(=O)(=O)c2ccc(OC(C)(C)C)cc2)C1. The first-order valence-electron chi connectivity index (χ1n) is 7.48. The van der Waals surface area contributed by atoms with Crippen LogP contribution >= 0.6 is 0 Å². The van der Waals surface area contributed by atoms with Crippen LogP contribution in [-0.4, -0.2) is 31.4 Å². The Morgan fingerprint density at radius 1 is 1.19 bits per heavy atom. The Balaban J connectivity index is 2.17. The molecular formula is C16H25NO3S. The molecule has 5 heteroatoms. The maximum atomic E-state index is 12.6. The van der Waals surface area contributed by atoms with Gasteiger partial charge in [-0.15, -0.1) is 0 Å². The number of piperidine rings is 1. The molecule has 4 nitrogen and oxygen atoms in total. The van der Waals surface area contributed by atoms with Gasteiger partial charge in [-0.2, -0.15) is 4.31 Å². The fourth-order valence-corrected chi connectivity index (χ4v) is 4.15. The van der Waals surface area contributed by atoms with Crippen LogP contribution in [0.2, 0.25) is 0 Å². The molecular weight excluding hydrogens is 286 g/mol. The maximum absolute atomic E-state index is 12.6. The predicted octanol–water partition coefficient (Wildman–Crippen LogP) is 3.28. The lowest BCUT2D eigenvalue weighted by atomic mass is 10.0. The highest BCUT2D eigenvalue weighted by atomic mass is 32.2. The van der Waals surface area contributed by atoms with E-state index in [0.717, 1.165) is 12.8 Å². The number of benzene rings is 1. The van der Waals surface area contributed by atoms with E-state index in [1.54, 1.807) is 28.6 Å². The van der Waals surface area contributed by atoms with Crippen molar-refractivity contribution in [2.75, 3.05) is 13.1 Å². The van der Waals surface area contributed by atoms with Crippen molar-refractivity contribution >= 4 is 10.0 Å². The van der Waals surface area contributed by atoms with Crippen LogP contribution in [0.3, 0.4) is 0 Å². The average molecular weight is 311 g/mol. The molecule has 0 spiro atoms. The Morgan fingerprint density at radius 2 is 1.81 bits per heavy atom. The lowest BCUT2D eigenvalue weighted by molar-refractivity contribution is 0.131. The van der Waals surface area contributed by atoms with Gasteiger partial charge in [-0.1, -0.05) is 6.92 Å². The molecule has 0 amide bonds. The summed E-state index contributed by atoms with van der Waals surface area (Å²) in [5.74, 6) is 1.12. The van der Waals surface area contributed by atoms with Crippen LogP contribution in [0.4, 0.5) is 0 Å². The maximum Gasteiger partial charge on any atom is 0.243 e. The summed E-state index contributed by atoms with van der Waals surface area (Å²) in [6.45, 7) is 9.23. The summed E-state index contributed by atoms with van der Waals surface area (Å²) in [5.41, 5.74) is -0.289. The van der Waals surface area contributed by atoms with Crippen LogP contribution in [0, 0.1) is 5.92 Å². The normalized spacial score (nSPS) is 21.2. The van der Waals surface area contributed by atoms with Crippen molar-refractivity contribution in [3.8, 4) is 5.75 Å². The molecule has 1 fully saturated rings. The topological polar surface area (TPSA) is 46.6 Å². The summed E-state index contributed by atoms with van der Waals surface area (Å²) in [6.07, 6.45) is 2.04. The summed E-state index contributed by atoms with van der Waals surface area (Å²) >= 11 is 0. The van der Waals surface area contributed by atoms with Crippen LogP contribution in [-0.2, 0) is 10.0 Å². The monoisotopic (exact) mass is 311 g/mol. The van der Waals surface area contributed by atoms with E-state index in [1.165, 1.54) is 0 Å². The predicted molar refractivity (Wildman–Crippen MR) is 84.0 cm³/mol. The smallest absolute Gasteiger partial charge is 0.243 e. The molecule has 1 aromatic rings. The van der Waals surface area contributed by atoms with E-state index in [9.17, 15) is 8.42 Å². The van der Waals surface area contributed by atoms with Crippen LogP contribution < -0.4 is 4.74 Å². The van der Waals surface area contributed by atoms with Gasteiger partial charge in [0.2, 0.25) is 10.0 Å². The lowest BCUT2D eigenvalue weighted by Crippen LogP contribution is -2.39. The molecule has 1 aliphatic heterocycles. The van der Waals surface area contributed by atoms with Gasteiger partial charge in [0.05, 0.1) is 4.90 Å². The summed E-state index contributed by atoms with van der Waals surface area (Å²) in [5, 5.41) is 0. The zero-order chi connectivity index (χ0) is 15.7. The highest BCUT2D eigenvalue weighted by molar-refractivity contribution is 7.89. The minimum Gasteiger partial charge on any atom is -0.488 e. The molecule has 2 rings (SSSR count). The van der Waals surface area contributed by atoms with Crippen molar-refractivity contribution in [1.82, 2.24) is 4.31 Å². The van der Waals surface area contributed by atoms with Gasteiger partial charge in [0.25, 0.3) is 0 Å². The molecule has 0 aliphatic carbocycles. The third-order valence-corrected chi connectivity index (χ3v) is 5.38. The molecule has 118 valence electrons. The molecule has 0 N–H and O–H groups in total. The number of hydrogen-bond donors (Lipinski definition) is 0. The average Bonchev–Trinajstić information content (AvgIpc) is 2.37. The minimum absolute atomic E-state index is 0.289. The van der Waals surface area contributed by atoms with E-state index >= 15 is 0 Å². The van der Waals surface area contributed by atoms with Crippen molar-refractivity contribution in [2.45, 2.75) is 51.0 Å². The molecule has 0 saturated carbocycles. The van der Waals surface area contributed by atoms with Crippen molar-refractivity contribution in [3.63, 3.8) is 0 Å². The van der Waals surface area contributed by atoms with E-state index in [0.29, 0.717) is 29.7 Å². The van der Waals surface area contributed by atoms with E-state index in [2.05, 4.69) is 6.92 Å². The third kappa shape index (κ3) is 4.20. The summed E-state index contributed by atoms with van der Waals surface area (Å²) in [7, 11) is -3.38. The first kappa shape index (κ1) is 16.3. The molecule has 1 unspecified atom stereocenters. The van der Waals surface area contributed by atoms with Crippen molar-refractivity contribution < 1.29 is 13.2 Å². The number of nitrogens with zero attached hydrogens (tertiary/aromatic N) is 1. The van der Waals surface area contributed by atoms with E-state index < -0.39 is 10.0 Å². The Kier molecular flexibility index (Phi) is 4.63. The van der Waals surface area contributed by atoms with Crippen LogP contribution in [0.15, 0.2) is 29.2 Å². The van der Waals surface area contributed by atoms with Crippen molar-refractivity contribution in [2.24, 2.45) is 5.92 Å². The molecule has 1 heterocycles. The molecule has 21 heavy (non-hydrogen) atoms. The second-order valence-corrected chi connectivity index (χ2v) is 8.73. The third-order valence-electron chi connectivity index (χ3n) is 3.51. The zero-order valence-corrected chi connectivity index (χ0v) is 14.1. The largest absolute Gasteiger partial charge is 0.488 e. The van der Waals surface area contributed by atoms with Gasteiger partial charge in [0, 0.05) is 13.1 Å². The Morgan fingerprint density at radius 3 is 2.33 bits per heavy atom. The summed E-state index contributed by atoms with van der Waals surface area (Å²) in [4.78, 5) is 0.345. The fraction of sp³-hybridized carbons (Fsp3) is 0.625. The minimum atomic E-state index is -3.38. The fourth-order valence-electron chi connectivity index (χ4n) is 2.55. The van der Waals surface area contributed by atoms with E-state index in [1.807, 2.05) is 20.8 Å². The molecule has 1 aromatic carbocycles. The van der Waals surface area contributed by atoms with Gasteiger partial charge < -0.3 is 4.74 Å². The van der Waals surface area contributed by atoms with Crippen molar-refractivity contribution in [1.29, 1.82) is 0 Å². The zero-order valence-electron chi connectivity index (χ0n) is 13.3. The molecule has 1 atom stereocenters. The number of rotatable bonds is 3. The molecule has 1 aliphatic rings. The number of sulfonamides is 1. The van der Waals surface area contributed by atoms with Gasteiger partial charge in [-0.05, 0) is 63.8 Å². The molecule has 0 radical (unpaired) electrons. The Labute approximate surface area is 128 Å². The first-order chi connectivity index (χ1) is 9.68. The molecule has 1 saturated heterocycles. The van der Waals surface area contributed by atoms with Gasteiger partial charge in [-0.25, -0.2) is 8.42 Å². The van der Waals surface area contributed by atoms with Crippen molar-refractivity contribution in [3.05, 3.63) is 24.3 Å². The standard InChI is InChI=1S/C16H25NO3S/c1-13-6-5-11-17(12-13)21(18,19)15-9-7-14(8-10-15)20-16(2,3)4/h7-10,13H,5-6,11-12H2,1-4H3.